The van der Waals surface area contributed by atoms with Crippen LogP contribution in [0.4, 0.5) is 13.2 Å². The molecule has 0 N–H and O–H groups in total. The van der Waals surface area contributed by atoms with Gasteiger partial charge in [-0.15, -0.1) is 13.2 Å². The van der Waals surface area contributed by atoms with Gasteiger partial charge in [-0.05, 0) is 78.5 Å². The summed E-state index contributed by atoms with van der Waals surface area (Å²) in [5, 5.41) is 7.97. The molecular weight excluding hydrogens is 377 g/mol. The lowest BCUT2D eigenvalue weighted by atomic mass is 9.78. The van der Waals surface area contributed by atoms with Crippen molar-refractivity contribution in [2.45, 2.75) is 51.3 Å². The molecule has 29 heavy (non-hydrogen) atoms. The fourth-order valence-corrected chi connectivity index (χ4v) is 3.71. The lowest BCUT2D eigenvalue weighted by Crippen LogP contribution is -2.16. The largest absolute Gasteiger partial charge is 0.573 e. The van der Waals surface area contributed by atoms with Crippen LogP contribution < -0.4 is 4.74 Å². The third kappa shape index (κ3) is 6.73. The highest BCUT2D eigenvalue weighted by Crippen LogP contribution is 2.36. The molecule has 6 heteroatoms. The standard InChI is InChI=1S/C23H25F3N2O/c1-2-17-3-9-20(10-4-17)21-11-5-18(6-12-21)15-27-28-16-19-7-13-22(14-8-19)29-23(24,25)26/h5-8,11-17,20H,2-4,9-10H2,1H3/b27-15+,28-16+. The predicted octanol–water partition coefficient (Wildman–Crippen LogP) is 6.72. The summed E-state index contributed by atoms with van der Waals surface area (Å²) in [6.45, 7) is 2.28. The molecule has 0 saturated heterocycles. The van der Waals surface area contributed by atoms with E-state index in [4.69, 9.17) is 0 Å². The summed E-state index contributed by atoms with van der Waals surface area (Å²) in [5.74, 6) is 1.29. The molecule has 1 saturated carbocycles. The average molecular weight is 402 g/mol. The van der Waals surface area contributed by atoms with Gasteiger partial charge in [0.15, 0.2) is 0 Å². The van der Waals surface area contributed by atoms with E-state index in [-0.39, 0.29) is 5.75 Å². The number of halogens is 3. The maximum Gasteiger partial charge on any atom is 0.573 e. The molecule has 0 unspecified atom stereocenters. The zero-order chi connectivity index (χ0) is 20.7. The molecule has 0 spiro atoms. The second kappa shape index (κ2) is 9.72. The van der Waals surface area contributed by atoms with Crippen LogP contribution in [0.15, 0.2) is 58.7 Å². The number of nitrogens with zero attached hydrogens (tertiary/aromatic N) is 2. The highest BCUT2D eigenvalue weighted by molar-refractivity contribution is 5.82. The molecule has 154 valence electrons. The van der Waals surface area contributed by atoms with E-state index in [1.165, 1.54) is 68.1 Å². The van der Waals surface area contributed by atoms with Crippen molar-refractivity contribution < 1.29 is 17.9 Å². The minimum Gasteiger partial charge on any atom is -0.406 e. The van der Waals surface area contributed by atoms with Gasteiger partial charge in [0.1, 0.15) is 5.75 Å². The van der Waals surface area contributed by atoms with Crippen molar-refractivity contribution in [3.05, 3.63) is 65.2 Å². The molecular formula is C23H25F3N2O. The Kier molecular flexibility index (Phi) is 7.07. The van der Waals surface area contributed by atoms with E-state index in [1.54, 1.807) is 6.21 Å². The molecule has 0 amide bonds. The minimum atomic E-state index is -4.69. The summed E-state index contributed by atoms with van der Waals surface area (Å²) in [7, 11) is 0. The van der Waals surface area contributed by atoms with Gasteiger partial charge in [0.05, 0.1) is 12.4 Å². The van der Waals surface area contributed by atoms with Crippen molar-refractivity contribution in [1.29, 1.82) is 0 Å². The van der Waals surface area contributed by atoms with E-state index >= 15 is 0 Å². The fraction of sp³-hybridized carbons (Fsp3) is 0.391. The normalized spacial score (nSPS) is 20.4. The third-order valence-corrected chi connectivity index (χ3v) is 5.43. The molecule has 3 rings (SSSR count). The van der Waals surface area contributed by atoms with Crippen molar-refractivity contribution in [3.63, 3.8) is 0 Å². The minimum absolute atomic E-state index is 0.263. The monoisotopic (exact) mass is 402 g/mol. The number of alkyl halides is 3. The summed E-state index contributed by atoms with van der Waals surface area (Å²) in [5.41, 5.74) is 2.98. The zero-order valence-corrected chi connectivity index (χ0v) is 16.4. The fourth-order valence-electron chi connectivity index (χ4n) is 3.71. The van der Waals surface area contributed by atoms with Crippen LogP contribution in [0.25, 0.3) is 0 Å². The summed E-state index contributed by atoms with van der Waals surface area (Å²) < 4.78 is 40.3. The highest BCUT2D eigenvalue weighted by Gasteiger charge is 2.30. The van der Waals surface area contributed by atoms with Gasteiger partial charge in [-0.25, -0.2) is 0 Å². The van der Waals surface area contributed by atoms with Crippen molar-refractivity contribution in [2.75, 3.05) is 0 Å². The number of benzene rings is 2. The van der Waals surface area contributed by atoms with Gasteiger partial charge >= 0.3 is 6.36 Å². The molecule has 1 aliphatic carbocycles. The van der Waals surface area contributed by atoms with Gasteiger partial charge in [-0.3, -0.25) is 0 Å². The summed E-state index contributed by atoms with van der Waals surface area (Å²) in [4.78, 5) is 0. The van der Waals surface area contributed by atoms with E-state index in [1.807, 2.05) is 12.1 Å². The van der Waals surface area contributed by atoms with E-state index in [2.05, 4.69) is 34.0 Å². The molecule has 0 bridgehead atoms. The van der Waals surface area contributed by atoms with Crippen molar-refractivity contribution >= 4 is 12.4 Å². The van der Waals surface area contributed by atoms with Gasteiger partial charge in [0.25, 0.3) is 0 Å². The SMILES string of the molecule is CCC1CCC(c2ccc(/C=N/N=C/c3ccc(OC(F)(F)F)cc3)cc2)CC1. The first-order chi connectivity index (χ1) is 13.9. The zero-order valence-electron chi connectivity index (χ0n) is 16.4. The Hall–Kier alpha value is -2.63. The Morgan fingerprint density at radius 1 is 0.862 bits per heavy atom. The summed E-state index contributed by atoms with van der Waals surface area (Å²) in [6.07, 6.45) is 4.92. The van der Waals surface area contributed by atoms with Crippen LogP contribution in [-0.2, 0) is 0 Å². The predicted molar refractivity (Wildman–Crippen MR) is 110 cm³/mol. The lowest BCUT2D eigenvalue weighted by molar-refractivity contribution is -0.274. The van der Waals surface area contributed by atoms with Crippen molar-refractivity contribution in [3.8, 4) is 5.75 Å². The van der Waals surface area contributed by atoms with Gasteiger partial charge in [-0.2, -0.15) is 10.2 Å². The van der Waals surface area contributed by atoms with E-state index in [0.29, 0.717) is 11.5 Å². The highest BCUT2D eigenvalue weighted by atomic mass is 19.4. The molecule has 0 heterocycles. The smallest absolute Gasteiger partial charge is 0.406 e. The molecule has 1 aliphatic rings. The molecule has 2 aromatic carbocycles. The third-order valence-electron chi connectivity index (χ3n) is 5.43. The number of ether oxygens (including phenoxy) is 1. The van der Waals surface area contributed by atoms with Crippen LogP contribution in [-0.4, -0.2) is 18.8 Å². The summed E-state index contributed by atoms with van der Waals surface area (Å²) >= 11 is 0. The van der Waals surface area contributed by atoms with E-state index in [9.17, 15) is 13.2 Å². The first kappa shape index (κ1) is 21.1. The Labute approximate surface area is 169 Å². The average Bonchev–Trinajstić information content (AvgIpc) is 2.72. The maximum atomic E-state index is 12.1. The summed E-state index contributed by atoms with van der Waals surface area (Å²) in [6, 6.07) is 13.9. The van der Waals surface area contributed by atoms with Crippen LogP contribution >= 0.6 is 0 Å². The van der Waals surface area contributed by atoms with Gasteiger partial charge < -0.3 is 4.74 Å². The van der Waals surface area contributed by atoms with Crippen LogP contribution in [0, 0.1) is 5.92 Å². The van der Waals surface area contributed by atoms with Gasteiger partial charge in [0, 0.05) is 0 Å². The molecule has 1 fully saturated rings. The van der Waals surface area contributed by atoms with Gasteiger partial charge in [-0.1, -0.05) is 37.6 Å². The Morgan fingerprint density at radius 3 is 1.86 bits per heavy atom. The molecule has 0 atom stereocenters. The Balaban J connectivity index is 1.51. The Morgan fingerprint density at radius 2 is 1.38 bits per heavy atom. The second-order valence-corrected chi connectivity index (χ2v) is 7.40. The first-order valence-corrected chi connectivity index (χ1v) is 9.95. The second-order valence-electron chi connectivity index (χ2n) is 7.40. The van der Waals surface area contributed by atoms with Crippen molar-refractivity contribution in [2.24, 2.45) is 16.1 Å². The Bertz CT molecular complexity index is 819. The molecule has 0 radical (unpaired) electrons. The quantitative estimate of drug-likeness (QED) is 0.390. The topological polar surface area (TPSA) is 34.0 Å². The lowest BCUT2D eigenvalue weighted by Gasteiger charge is -2.28. The maximum absolute atomic E-state index is 12.1. The molecule has 2 aromatic rings. The van der Waals surface area contributed by atoms with Crippen LogP contribution in [0.3, 0.4) is 0 Å². The number of hydrogen-bond donors (Lipinski definition) is 0. The molecule has 0 aliphatic heterocycles. The number of rotatable bonds is 6. The van der Waals surface area contributed by atoms with Crippen LogP contribution in [0.5, 0.6) is 5.75 Å². The van der Waals surface area contributed by atoms with E-state index in [0.717, 1.165) is 11.5 Å². The number of hydrogen-bond acceptors (Lipinski definition) is 3. The van der Waals surface area contributed by atoms with E-state index < -0.39 is 6.36 Å². The molecule has 3 nitrogen and oxygen atoms in total. The molecule has 0 aromatic heterocycles. The van der Waals surface area contributed by atoms with Crippen molar-refractivity contribution in [1.82, 2.24) is 0 Å². The van der Waals surface area contributed by atoms with Crippen LogP contribution in [0.2, 0.25) is 0 Å². The van der Waals surface area contributed by atoms with Gasteiger partial charge in [0.2, 0.25) is 0 Å². The van der Waals surface area contributed by atoms with Crippen LogP contribution in [0.1, 0.15) is 61.6 Å². The first-order valence-electron chi connectivity index (χ1n) is 9.95.